The van der Waals surface area contributed by atoms with Crippen LogP contribution in [0.1, 0.15) is 12.0 Å². The summed E-state index contributed by atoms with van der Waals surface area (Å²) < 4.78 is 0. The molecule has 20 heavy (non-hydrogen) atoms. The van der Waals surface area contributed by atoms with E-state index in [9.17, 15) is 4.79 Å². The number of carboxylic acid groups (broad SMARTS) is 1. The van der Waals surface area contributed by atoms with Gasteiger partial charge in [0.1, 0.15) is 5.38 Å². The number of benzene rings is 2. The van der Waals surface area contributed by atoms with Crippen molar-refractivity contribution in [2.75, 3.05) is 0 Å². The van der Waals surface area contributed by atoms with Crippen molar-refractivity contribution >= 4 is 29.2 Å². The third kappa shape index (κ3) is 3.75. The average molecular weight is 309 g/mol. The van der Waals surface area contributed by atoms with Gasteiger partial charge in [-0.25, -0.2) is 0 Å². The van der Waals surface area contributed by atoms with Gasteiger partial charge in [0.05, 0.1) is 0 Å². The molecule has 0 amide bonds. The van der Waals surface area contributed by atoms with Crippen LogP contribution in [0.4, 0.5) is 0 Å². The zero-order valence-electron chi connectivity index (χ0n) is 10.7. The van der Waals surface area contributed by atoms with E-state index < -0.39 is 11.3 Å². The molecule has 0 saturated heterocycles. The predicted octanol–water partition coefficient (Wildman–Crippen LogP) is 4.63. The minimum Gasteiger partial charge on any atom is -0.480 e. The number of aryl methyl sites for hydroxylation is 1. The minimum atomic E-state index is -0.973. The number of carbonyl (C=O) groups is 1. The van der Waals surface area contributed by atoms with Gasteiger partial charge in [0.25, 0.3) is 0 Å². The second-order valence-electron chi connectivity index (χ2n) is 4.52. The van der Waals surface area contributed by atoms with E-state index in [-0.39, 0.29) is 0 Å². The van der Waals surface area contributed by atoms with Gasteiger partial charge >= 0.3 is 5.97 Å². The summed E-state index contributed by atoms with van der Waals surface area (Å²) in [6.07, 6.45) is 1.06. The molecule has 0 radical (unpaired) electrons. The van der Waals surface area contributed by atoms with E-state index in [1.165, 1.54) is 0 Å². The Balaban J connectivity index is 2.07. The molecule has 0 saturated carbocycles. The molecule has 0 aromatic heterocycles. The molecular formula is C16H14Cl2O2. The lowest BCUT2D eigenvalue weighted by Gasteiger charge is -2.07. The Morgan fingerprint density at radius 1 is 1.10 bits per heavy atom. The third-order valence-electron chi connectivity index (χ3n) is 3.09. The number of rotatable bonds is 5. The lowest BCUT2D eigenvalue weighted by atomic mass is 10.0. The SMILES string of the molecule is O=C(O)C(Cl)CCc1ccc(-c2ccccc2Cl)cc1. The topological polar surface area (TPSA) is 37.3 Å². The molecule has 2 nitrogen and oxygen atoms in total. The average Bonchev–Trinajstić information content (AvgIpc) is 2.46. The smallest absolute Gasteiger partial charge is 0.321 e. The van der Waals surface area contributed by atoms with Crippen molar-refractivity contribution in [3.8, 4) is 11.1 Å². The number of carboxylic acids is 1. The molecule has 0 aliphatic carbocycles. The quantitative estimate of drug-likeness (QED) is 0.818. The monoisotopic (exact) mass is 308 g/mol. The van der Waals surface area contributed by atoms with Gasteiger partial charge in [-0.1, -0.05) is 54.1 Å². The highest BCUT2D eigenvalue weighted by atomic mass is 35.5. The summed E-state index contributed by atoms with van der Waals surface area (Å²) in [7, 11) is 0. The maximum atomic E-state index is 10.7. The Morgan fingerprint density at radius 3 is 2.35 bits per heavy atom. The molecule has 1 N–H and O–H groups in total. The molecule has 2 rings (SSSR count). The molecule has 0 bridgehead atoms. The van der Waals surface area contributed by atoms with Crippen molar-refractivity contribution in [3.05, 3.63) is 59.1 Å². The van der Waals surface area contributed by atoms with Crippen LogP contribution < -0.4 is 0 Å². The van der Waals surface area contributed by atoms with Crippen LogP contribution in [0.15, 0.2) is 48.5 Å². The Labute approximate surface area is 128 Å². The second kappa shape index (κ2) is 6.78. The highest BCUT2D eigenvalue weighted by Gasteiger charge is 2.13. The van der Waals surface area contributed by atoms with Gasteiger partial charge in [0.2, 0.25) is 0 Å². The van der Waals surface area contributed by atoms with Crippen LogP contribution in [0, 0.1) is 0 Å². The van der Waals surface area contributed by atoms with Crippen LogP contribution >= 0.6 is 23.2 Å². The molecule has 1 atom stereocenters. The number of aliphatic carboxylic acids is 1. The summed E-state index contributed by atoms with van der Waals surface area (Å²) >= 11 is 11.8. The van der Waals surface area contributed by atoms with E-state index in [1.54, 1.807) is 0 Å². The van der Waals surface area contributed by atoms with E-state index >= 15 is 0 Å². The molecule has 1 unspecified atom stereocenters. The van der Waals surface area contributed by atoms with E-state index in [2.05, 4.69) is 0 Å². The number of alkyl halides is 1. The van der Waals surface area contributed by atoms with Crippen molar-refractivity contribution in [2.45, 2.75) is 18.2 Å². The first-order valence-corrected chi connectivity index (χ1v) is 7.10. The Bertz CT molecular complexity index is 594. The normalized spacial score (nSPS) is 12.1. The van der Waals surface area contributed by atoms with Crippen LogP contribution in [0.2, 0.25) is 5.02 Å². The molecule has 4 heteroatoms. The van der Waals surface area contributed by atoms with Gasteiger partial charge in [-0.3, -0.25) is 4.79 Å². The van der Waals surface area contributed by atoms with Gasteiger partial charge in [0.15, 0.2) is 0 Å². The Morgan fingerprint density at radius 2 is 1.75 bits per heavy atom. The Hall–Kier alpha value is -1.51. The highest BCUT2D eigenvalue weighted by Crippen LogP contribution is 2.27. The van der Waals surface area contributed by atoms with Crippen molar-refractivity contribution in [3.63, 3.8) is 0 Å². The van der Waals surface area contributed by atoms with E-state index in [1.807, 2.05) is 48.5 Å². The molecule has 0 spiro atoms. The van der Waals surface area contributed by atoms with Gasteiger partial charge in [0, 0.05) is 10.6 Å². The molecular weight excluding hydrogens is 295 g/mol. The fraction of sp³-hybridized carbons (Fsp3) is 0.188. The first-order valence-electron chi connectivity index (χ1n) is 6.28. The maximum Gasteiger partial charge on any atom is 0.321 e. The second-order valence-corrected chi connectivity index (χ2v) is 5.46. The van der Waals surface area contributed by atoms with Gasteiger partial charge in [-0.15, -0.1) is 11.6 Å². The number of hydrogen-bond donors (Lipinski definition) is 1. The van der Waals surface area contributed by atoms with Crippen LogP contribution in [0.25, 0.3) is 11.1 Å². The van der Waals surface area contributed by atoms with E-state index in [0.29, 0.717) is 17.9 Å². The first kappa shape index (κ1) is 14.9. The molecule has 0 aliphatic rings. The molecule has 0 heterocycles. The van der Waals surface area contributed by atoms with Crippen molar-refractivity contribution in [1.82, 2.24) is 0 Å². The van der Waals surface area contributed by atoms with Gasteiger partial charge < -0.3 is 5.11 Å². The highest BCUT2D eigenvalue weighted by molar-refractivity contribution is 6.33. The molecule has 0 fully saturated rings. The van der Waals surface area contributed by atoms with Crippen LogP contribution in [-0.2, 0) is 11.2 Å². The van der Waals surface area contributed by atoms with Gasteiger partial charge in [-0.05, 0) is 30.0 Å². The molecule has 2 aromatic carbocycles. The summed E-state index contributed by atoms with van der Waals surface area (Å²) in [5.74, 6) is -0.973. The van der Waals surface area contributed by atoms with Crippen LogP contribution in [-0.4, -0.2) is 16.5 Å². The van der Waals surface area contributed by atoms with E-state index in [0.717, 1.165) is 16.7 Å². The lowest BCUT2D eigenvalue weighted by Crippen LogP contribution is -2.13. The summed E-state index contributed by atoms with van der Waals surface area (Å²) in [6, 6.07) is 15.6. The first-order chi connectivity index (χ1) is 9.58. The summed E-state index contributed by atoms with van der Waals surface area (Å²) in [5.41, 5.74) is 3.09. The van der Waals surface area contributed by atoms with Crippen LogP contribution in [0.5, 0.6) is 0 Å². The lowest BCUT2D eigenvalue weighted by molar-refractivity contribution is -0.136. The standard InChI is InChI=1S/C16H14Cl2O2/c17-14-4-2-1-3-13(14)12-8-5-11(6-9-12)7-10-15(18)16(19)20/h1-6,8-9,15H,7,10H2,(H,19,20). The molecule has 0 aliphatic heterocycles. The number of halogens is 2. The van der Waals surface area contributed by atoms with Crippen molar-refractivity contribution < 1.29 is 9.90 Å². The fourth-order valence-corrected chi connectivity index (χ4v) is 2.32. The summed E-state index contributed by atoms with van der Waals surface area (Å²) in [5, 5.41) is 8.62. The Kier molecular flexibility index (Phi) is 5.05. The summed E-state index contributed by atoms with van der Waals surface area (Å²) in [6.45, 7) is 0. The van der Waals surface area contributed by atoms with Crippen molar-refractivity contribution in [2.24, 2.45) is 0 Å². The molecule has 2 aromatic rings. The van der Waals surface area contributed by atoms with Crippen LogP contribution in [0.3, 0.4) is 0 Å². The molecule has 104 valence electrons. The fourth-order valence-electron chi connectivity index (χ4n) is 1.96. The maximum absolute atomic E-state index is 10.7. The van der Waals surface area contributed by atoms with Crippen molar-refractivity contribution in [1.29, 1.82) is 0 Å². The van der Waals surface area contributed by atoms with E-state index in [4.69, 9.17) is 28.3 Å². The minimum absolute atomic E-state index is 0.419. The third-order valence-corrected chi connectivity index (χ3v) is 3.83. The zero-order valence-corrected chi connectivity index (χ0v) is 12.2. The predicted molar refractivity (Wildman–Crippen MR) is 82.5 cm³/mol. The summed E-state index contributed by atoms with van der Waals surface area (Å²) in [4.78, 5) is 10.7. The largest absolute Gasteiger partial charge is 0.480 e. The van der Waals surface area contributed by atoms with Gasteiger partial charge in [-0.2, -0.15) is 0 Å². The number of hydrogen-bond acceptors (Lipinski definition) is 1. The zero-order chi connectivity index (χ0) is 14.5.